The number of nitrogens with one attached hydrogen (secondary N) is 1. The number of hydrogen-bond donors (Lipinski definition) is 1. The smallest absolute Gasteiger partial charge is 0.343 e. The third kappa shape index (κ3) is 5.76. The molecule has 0 aliphatic heterocycles. The van der Waals surface area contributed by atoms with Gasteiger partial charge in [-0.05, 0) is 48.4 Å². The summed E-state index contributed by atoms with van der Waals surface area (Å²) >= 11 is 0. The number of rotatable bonds is 8. The zero-order valence-corrected chi connectivity index (χ0v) is 14.9. The normalized spacial score (nSPS) is 10.9. The van der Waals surface area contributed by atoms with Crippen molar-refractivity contribution in [2.45, 2.75) is 19.8 Å². The number of unbranched alkanes of at least 4 members (excludes halogenated alkanes) is 1. The van der Waals surface area contributed by atoms with Crippen LogP contribution in [0, 0.1) is 0 Å². The summed E-state index contributed by atoms with van der Waals surface area (Å²) in [6.07, 6.45) is 3.11. The first-order valence-electron chi connectivity index (χ1n) is 7.99. The highest BCUT2D eigenvalue weighted by Gasteiger charge is 2.11. The summed E-state index contributed by atoms with van der Waals surface area (Å²) in [6, 6.07) is 13.1. The highest BCUT2D eigenvalue weighted by molar-refractivity contribution is 7.92. The summed E-state index contributed by atoms with van der Waals surface area (Å²) < 4.78 is 31.5. The third-order valence-electron chi connectivity index (χ3n) is 3.49. The maximum absolute atomic E-state index is 12.1. The fraction of sp³-hybridized carbons (Fsp3) is 0.211. The SMILES string of the molecule is C=Cc1ccc(C(=O)Oc2ccc(NS(=O)(=O)CCCC)cc2)cc1. The highest BCUT2D eigenvalue weighted by atomic mass is 32.2. The molecule has 0 aromatic heterocycles. The van der Waals surface area contributed by atoms with Crippen molar-refractivity contribution in [3.8, 4) is 5.75 Å². The van der Waals surface area contributed by atoms with Crippen LogP contribution < -0.4 is 9.46 Å². The molecule has 5 nitrogen and oxygen atoms in total. The molecule has 25 heavy (non-hydrogen) atoms. The largest absolute Gasteiger partial charge is 0.423 e. The summed E-state index contributed by atoms with van der Waals surface area (Å²) in [4.78, 5) is 12.1. The van der Waals surface area contributed by atoms with Gasteiger partial charge >= 0.3 is 5.97 Å². The number of sulfonamides is 1. The van der Waals surface area contributed by atoms with E-state index in [1.807, 2.05) is 6.92 Å². The fourth-order valence-electron chi connectivity index (χ4n) is 2.08. The van der Waals surface area contributed by atoms with Gasteiger partial charge in [-0.2, -0.15) is 0 Å². The van der Waals surface area contributed by atoms with Crippen LogP contribution in [-0.4, -0.2) is 20.1 Å². The van der Waals surface area contributed by atoms with Crippen LogP contribution in [0.25, 0.3) is 6.08 Å². The summed E-state index contributed by atoms with van der Waals surface area (Å²) in [5.41, 5.74) is 1.78. The molecule has 0 spiro atoms. The van der Waals surface area contributed by atoms with Crippen LogP contribution in [0.3, 0.4) is 0 Å². The van der Waals surface area contributed by atoms with E-state index >= 15 is 0 Å². The lowest BCUT2D eigenvalue weighted by molar-refractivity contribution is 0.0735. The van der Waals surface area contributed by atoms with Crippen molar-refractivity contribution in [2.24, 2.45) is 0 Å². The van der Waals surface area contributed by atoms with Crippen molar-refractivity contribution in [3.63, 3.8) is 0 Å². The van der Waals surface area contributed by atoms with Crippen molar-refractivity contribution in [3.05, 3.63) is 66.2 Å². The molecule has 0 bridgehead atoms. The number of esters is 1. The Labute approximate surface area is 148 Å². The van der Waals surface area contributed by atoms with Crippen LogP contribution in [-0.2, 0) is 10.0 Å². The molecule has 0 aliphatic carbocycles. The minimum atomic E-state index is -3.35. The standard InChI is InChI=1S/C19H21NO4S/c1-3-5-14-25(22,23)20-17-10-12-18(13-11-17)24-19(21)16-8-6-15(4-2)7-9-16/h4,6-13,20H,2-3,5,14H2,1H3. The van der Waals surface area contributed by atoms with Crippen molar-refractivity contribution < 1.29 is 17.9 Å². The maximum atomic E-state index is 12.1. The molecule has 2 rings (SSSR count). The average molecular weight is 359 g/mol. The predicted octanol–water partition coefficient (Wildman–Crippen LogP) is 4.09. The van der Waals surface area contributed by atoms with Crippen LogP contribution in [0.4, 0.5) is 5.69 Å². The van der Waals surface area contributed by atoms with Gasteiger partial charge in [-0.25, -0.2) is 13.2 Å². The first-order chi connectivity index (χ1) is 11.9. The summed E-state index contributed by atoms with van der Waals surface area (Å²) in [5, 5.41) is 0. The number of hydrogen-bond acceptors (Lipinski definition) is 4. The molecule has 6 heteroatoms. The molecule has 2 aromatic rings. The van der Waals surface area contributed by atoms with Crippen LogP contribution in [0.5, 0.6) is 5.75 Å². The molecule has 0 unspecified atom stereocenters. The number of ether oxygens (including phenoxy) is 1. The van der Waals surface area contributed by atoms with Gasteiger partial charge in [0.25, 0.3) is 0 Å². The van der Waals surface area contributed by atoms with Crippen molar-refractivity contribution in [1.82, 2.24) is 0 Å². The first-order valence-corrected chi connectivity index (χ1v) is 9.64. The molecule has 0 aliphatic rings. The molecule has 0 heterocycles. The molecular formula is C19H21NO4S. The van der Waals surface area contributed by atoms with Gasteiger partial charge in [0.05, 0.1) is 11.3 Å². The van der Waals surface area contributed by atoms with Gasteiger partial charge in [0, 0.05) is 5.69 Å². The van der Waals surface area contributed by atoms with Crippen molar-refractivity contribution >= 4 is 27.8 Å². The molecule has 1 N–H and O–H groups in total. The number of anilines is 1. The topological polar surface area (TPSA) is 72.5 Å². The first kappa shape index (κ1) is 18.7. The van der Waals surface area contributed by atoms with E-state index < -0.39 is 16.0 Å². The Balaban J connectivity index is 1.99. The lowest BCUT2D eigenvalue weighted by atomic mass is 10.1. The summed E-state index contributed by atoms with van der Waals surface area (Å²) in [5.74, 6) is -0.0535. The van der Waals surface area contributed by atoms with Gasteiger partial charge in [0.15, 0.2) is 0 Å². The Bertz CT molecular complexity index is 825. The number of carbonyl (C=O) groups excluding carboxylic acids is 1. The third-order valence-corrected chi connectivity index (χ3v) is 4.86. The Morgan fingerprint density at radius 1 is 1.12 bits per heavy atom. The lowest BCUT2D eigenvalue weighted by Gasteiger charge is -2.09. The molecule has 0 radical (unpaired) electrons. The summed E-state index contributed by atoms with van der Waals surface area (Å²) in [6.45, 7) is 5.59. The minimum Gasteiger partial charge on any atom is -0.423 e. The van der Waals surface area contributed by atoms with Gasteiger partial charge in [-0.3, -0.25) is 4.72 Å². The van der Waals surface area contributed by atoms with Gasteiger partial charge < -0.3 is 4.74 Å². The fourth-order valence-corrected chi connectivity index (χ4v) is 3.34. The van der Waals surface area contributed by atoms with Crippen molar-refractivity contribution in [2.75, 3.05) is 10.5 Å². The molecule has 0 atom stereocenters. The Morgan fingerprint density at radius 2 is 1.76 bits per heavy atom. The van der Waals surface area contributed by atoms with Gasteiger partial charge in [0.2, 0.25) is 10.0 Å². The lowest BCUT2D eigenvalue weighted by Crippen LogP contribution is -2.16. The Kier molecular flexibility index (Phi) is 6.36. The molecule has 0 fully saturated rings. The number of carbonyl (C=O) groups is 1. The van der Waals surface area contributed by atoms with Crippen LogP contribution in [0.2, 0.25) is 0 Å². The van der Waals surface area contributed by atoms with E-state index in [9.17, 15) is 13.2 Å². The molecule has 132 valence electrons. The van der Waals surface area contributed by atoms with Crippen LogP contribution in [0.15, 0.2) is 55.1 Å². The zero-order valence-electron chi connectivity index (χ0n) is 14.1. The number of benzene rings is 2. The second-order valence-electron chi connectivity index (χ2n) is 5.51. The van der Waals surface area contributed by atoms with Gasteiger partial charge in [-0.1, -0.05) is 38.1 Å². The maximum Gasteiger partial charge on any atom is 0.343 e. The van der Waals surface area contributed by atoms with E-state index in [-0.39, 0.29) is 5.75 Å². The quantitative estimate of drug-likeness (QED) is 0.569. The molecule has 0 saturated carbocycles. The second kappa shape index (κ2) is 8.48. The molecule has 0 saturated heterocycles. The van der Waals surface area contributed by atoms with E-state index in [0.717, 1.165) is 12.0 Å². The van der Waals surface area contributed by atoms with Gasteiger partial charge in [0.1, 0.15) is 5.75 Å². The highest BCUT2D eigenvalue weighted by Crippen LogP contribution is 2.18. The second-order valence-corrected chi connectivity index (χ2v) is 7.36. The molecule has 2 aromatic carbocycles. The van der Waals surface area contributed by atoms with E-state index in [4.69, 9.17) is 4.74 Å². The van der Waals surface area contributed by atoms with E-state index in [0.29, 0.717) is 23.4 Å². The van der Waals surface area contributed by atoms with E-state index in [1.165, 1.54) is 0 Å². The minimum absolute atomic E-state index is 0.0843. The molecule has 0 amide bonds. The summed E-state index contributed by atoms with van der Waals surface area (Å²) in [7, 11) is -3.35. The Hall–Kier alpha value is -2.60. The van der Waals surface area contributed by atoms with E-state index in [1.54, 1.807) is 54.6 Å². The molecular weight excluding hydrogens is 338 g/mol. The zero-order chi connectivity index (χ0) is 18.3. The van der Waals surface area contributed by atoms with E-state index in [2.05, 4.69) is 11.3 Å². The van der Waals surface area contributed by atoms with Crippen molar-refractivity contribution in [1.29, 1.82) is 0 Å². The predicted molar refractivity (Wildman–Crippen MR) is 100 cm³/mol. The van der Waals surface area contributed by atoms with Crippen LogP contribution in [0.1, 0.15) is 35.7 Å². The van der Waals surface area contributed by atoms with Crippen LogP contribution >= 0.6 is 0 Å². The monoisotopic (exact) mass is 359 g/mol. The Morgan fingerprint density at radius 3 is 2.32 bits per heavy atom. The van der Waals surface area contributed by atoms with Gasteiger partial charge in [-0.15, -0.1) is 0 Å². The average Bonchev–Trinajstić information content (AvgIpc) is 2.61.